The van der Waals surface area contributed by atoms with Crippen molar-refractivity contribution in [1.29, 1.82) is 0 Å². The second-order valence-electron chi connectivity index (χ2n) is 8.48. The Labute approximate surface area is 194 Å². The van der Waals surface area contributed by atoms with Crippen molar-refractivity contribution in [2.75, 3.05) is 12.4 Å². The van der Waals surface area contributed by atoms with E-state index in [1.807, 2.05) is 25.1 Å². The lowest BCUT2D eigenvalue weighted by Gasteiger charge is -2.28. The van der Waals surface area contributed by atoms with Gasteiger partial charge in [-0.25, -0.2) is 15.0 Å². The van der Waals surface area contributed by atoms with Crippen molar-refractivity contribution in [3.63, 3.8) is 0 Å². The number of hydrogen-bond donors (Lipinski definition) is 2. The van der Waals surface area contributed by atoms with Gasteiger partial charge in [-0.1, -0.05) is 25.3 Å². The van der Waals surface area contributed by atoms with Gasteiger partial charge in [0.2, 0.25) is 11.8 Å². The third-order valence-electron chi connectivity index (χ3n) is 6.18. The summed E-state index contributed by atoms with van der Waals surface area (Å²) in [7, 11) is 1.74. The fourth-order valence-electron chi connectivity index (χ4n) is 4.19. The molecule has 2 aromatic heterocycles. The monoisotopic (exact) mass is 446 g/mol. The molecule has 3 aromatic rings. The Balaban J connectivity index is 1.55. The fraction of sp³-hybridized carbons (Fsp3) is 0.400. The van der Waals surface area contributed by atoms with Gasteiger partial charge in [0, 0.05) is 24.8 Å². The van der Waals surface area contributed by atoms with Crippen molar-refractivity contribution in [1.82, 2.24) is 25.3 Å². The Morgan fingerprint density at radius 1 is 1.12 bits per heavy atom. The van der Waals surface area contributed by atoms with Crippen molar-refractivity contribution >= 4 is 11.9 Å². The van der Waals surface area contributed by atoms with Crippen molar-refractivity contribution in [3.05, 3.63) is 54.0 Å². The van der Waals surface area contributed by atoms with E-state index in [0.717, 1.165) is 5.56 Å². The molecule has 1 aliphatic carbocycles. The first-order chi connectivity index (χ1) is 16.0. The molecule has 8 heteroatoms. The van der Waals surface area contributed by atoms with Crippen LogP contribution in [0.5, 0.6) is 11.6 Å². The fourth-order valence-corrected chi connectivity index (χ4v) is 4.19. The predicted molar refractivity (Wildman–Crippen MR) is 127 cm³/mol. The molecule has 33 heavy (non-hydrogen) atoms. The lowest BCUT2D eigenvalue weighted by atomic mass is 9.84. The Morgan fingerprint density at radius 2 is 1.94 bits per heavy atom. The summed E-state index contributed by atoms with van der Waals surface area (Å²) in [5.41, 5.74) is 2.10. The number of nitrogens with one attached hydrogen (secondary N) is 2. The number of hydrogen-bond acceptors (Lipinski definition) is 7. The molecule has 0 unspecified atom stereocenters. The molecule has 0 saturated heterocycles. The van der Waals surface area contributed by atoms with Crippen LogP contribution < -0.4 is 15.4 Å². The number of carbonyl (C=O) groups is 1. The van der Waals surface area contributed by atoms with Crippen LogP contribution in [-0.4, -0.2) is 38.9 Å². The summed E-state index contributed by atoms with van der Waals surface area (Å²) in [6.07, 6.45) is 9.24. The summed E-state index contributed by atoms with van der Waals surface area (Å²) in [4.78, 5) is 30.1. The van der Waals surface area contributed by atoms with Crippen LogP contribution >= 0.6 is 0 Å². The average Bonchev–Trinajstić information content (AvgIpc) is 2.86. The van der Waals surface area contributed by atoms with E-state index < -0.39 is 0 Å². The highest BCUT2D eigenvalue weighted by atomic mass is 16.5. The molecule has 1 saturated carbocycles. The number of aryl methyl sites for hydroxylation is 1. The van der Waals surface area contributed by atoms with Gasteiger partial charge in [0.1, 0.15) is 12.1 Å². The molecule has 1 atom stereocenters. The maximum Gasteiger partial charge on any atom is 0.251 e. The number of amides is 1. The largest absolute Gasteiger partial charge is 0.438 e. The number of aromatic nitrogens is 4. The molecule has 1 aromatic carbocycles. The van der Waals surface area contributed by atoms with Crippen LogP contribution in [0.1, 0.15) is 54.9 Å². The molecule has 0 spiro atoms. The van der Waals surface area contributed by atoms with Crippen molar-refractivity contribution in [2.24, 2.45) is 5.92 Å². The Hall–Kier alpha value is -3.55. The molecule has 4 rings (SSSR count). The minimum absolute atomic E-state index is 0.0877. The van der Waals surface area contributed by atoms with Crippen LogP contribution in [0.4, 0.5) is 5.95 Å². The van der Waals surface area contributed by atoms with E-state index in [1.54, 1.807) is 25.4 Å². The van der Waals surface area contributed by atoms with Crippen molar-refractivity contribution < 1.29 is 9.53 Å². The summed E-state index contributed by atoms with van der Waals surface area (Å²) >= 11 is 0. The van der Waals surface area contributed by atoms with Crippen molar-refractivity contribution in [2.45, 2.75) is 52.0 Å². The highest BCUT2D eigenvalue weighted by Crippen LogP contribution is 2.32. The van der Waals surface area contributed by atoms with E-state index in [-0.39, 0.29) is 11.9 Å². The van der Waals surface area contributed by atoms with Gasteiger partial charge in [-0.2, -0.15) is 4.98 Å². The number of rotatable bonds is 7. The molecule has 1 fully saturated rings. The highest BCUT2D eigenvalue weighted by Gasteiger charge is 2.22. The van der Waals surface area contributed by atoms with Gasteiger partial charge < -0.3 is 15.4 Å². The third kappa shape index (κ3) is 5.45. The molecule has 0 aliphatic heterocycles. The zero-order valence-corrected chi connectivity index (χ0v) is 19.3. The smallest absolute Gasteiger partial charge is 0.251 e. The zero-order valence-electron chi connectivity index (χ0n) is 19.3. The van der Waals surface area contributed by atoms with E-state index >= 15 is 0 Å². The topological polar surface area (TPSA) is 102 Å². The van der Waals surface area contributed by atoms with Crippen LogP contribution in [-0.2, 0) is 0 Å². The molecule has 2 heterocycles. The number of ether oxygens (including phenoxy) is 1. The summed E-state index contributed by atoms with van der Waals surface area (Å²) in [6.45, 7) is 4.04. The van der Waals surface area contributed by atoms with Gasteiger partial charge in [0.15, 0.2) is 5.82 Å². The second-order valence-corrected chi connectivity index (χ2v) is 8.48. The molecular weight excluding hydrogens is 416 g/mol. The first-order valence-electron chi connectivity index (χ1n) is 11.5. The zero-order chi connectivity index (χ0) is 23.2. The molecule has 8 nitrogen and oxygen atoms in total. The number of nitrogens with zero attached hydrogens (tertiary/aromatic N) is 4. The van der Waals surface area contributed by atoms with Crippen LogP contribution in [0.15, 0.2) is 42.9 Å². The van der Waals surface area contributed by atoms with E-state index in [4.69, 9.17) is 4.74 Å². The van der Waals surface area contributed by atoms with Gasteiger partial charge in [0.05, 0.1) is 5.56 Å². The van der Waals surface area contributed by atoms with Gasteiger partial charge >= 0.3 is 0 Å². The van der Waals surface area contributed by atoms with Gasteiger partial charge in [0.25, 0.3) is 5.91 Å². The molecular formula is C25H30N6O2. The van der Waals surface area contributed by atoms with Crippen LogP contribution in [0.25, 0.3) is 11.4 Å². The van der Waals surface area contributed by atoms with Gasteiger partial charge in [-0.05, 0) is 62.4 Å². The van der Waals surface area contributed by atoms with Crippen molar-refractivity contribution in [3.8, 4) is 23.0 Å². The molecule has 0 radical (unpaired) electrons. The quantitative estimate of drug-likeness (QED) is 0.539. The standard InChI is InChI=1S/C25H30N6O2/c1-16-11-12-19(23(32)30-17(2)18-8-5-4-6-9-18)14-21(16)33-24-20(10-7-13-27-24)22-28-15-29-25(26-3)31-22/h7,10-15,17-18H,4-6,8-9H2,1-3H3,(H,30,32)(H,26,28,29,31)/t17-/m0/s1. The summed E-state index contributed by atoms with van der Waals surface area (Å²) < 4.78 is 6.17. The van der Waals surface area contributed by atoms with E-state index in [1.165, 1.54) is 38.4 Å². The second kappa shape index (κ2) is 10.4. The van der Waals surface area contributed by atoms with E-state index in [2.05, 4.69) is 37.5 Å². The predicted octanol–water partition coefficient (Wildman–Crippen LogP) is 4.77. The third-order valence-corrected chi connectivity index (χ3v) is 6.18. The number of benzene rings is 1. The maximum atomic E-state index is 13.0. The lowest BCUT2D eigenvalue weighted by Crippen LogP contribution is -2.38. The number of carbonyl (C=O) groups excluding carboxylic acids is 1. The first kappa shape index (κ1) is 22.6. The minimum atomic E-state index is -0.0877. The normalized spacial score (nSPS) is 15.0. The molecule has 172 valence electrons. The van der Waals surface area contributed by atoms with Crippen LogP contribution in [0, 0.1) is 12.8 Å². The van der Waals surface area contributed by atoms with E-state index in [0.29, 0.717) is 40.4 Å². The molecule has 1 aliphatic rings. The maximum absolute atomic E-state index is 13.0. The Bertz CT molecular complexity index is 1110. The van der Waals surface area contributed by atoms with Crippen LogP contribution in [0.2, 0.25) is 0 Å². The summed E-state index contributed by atoms with van der Waals surface area (Å²) in [6, 6.07) is 9.28. The van der Waals surface area contributed by atoms with Crippen LogP contribution in [0.3, 0.4) is 0 Å². The number of pyridine rings is 1. The SMILES string of the molecule is CNc1ncnc(-c2cccnc2Oc2cc(C(=O)N[C@@H](C)C3CCCCC3)ccc2C)n1. The molecule has 1 amide bonds. The van der Waals surface area contributed by atoms with Gasteiger partial charge in [-0.3, -0.25) is 4.79 Å². The summed E-state index contributed by atoms with van der Waals surface area (Å²) in [5, 5.41) is 6.09. The average molecular weight is 447 g/mol. The summed E-state index contributed by atoms with van der Waals surface area (Å²) in [5.74, 6) is 2.29. The molecule has 0 bridgehead atoms. The molecule has 2 N–H and O–H groups in total. The lowest BCUT2D eigenvalue weighted by molar-refractivity contribution is 0.0919. The first-order valence-corrected chi connectivity index (χ1v) is 11.5. The Kier molecular flexibility index (Phi) is 7.12. The highest BCUT2D eigenvalue weighted by molar-refractivity contribution is 5.95. The van der Waals surface area contributed by atoms with Gasteiger partial charge in [-0.15, -0.1) is 0 Å². The van der Waals surface area contributed by atoms with E-state index in [9.17, 15) is 4.79 Å². The number of anilines is 1. The Morgan fingerprint density at radius 3 is 2.73 bits per heavy atom. The minimum Gasteiger partial charge on any atom is -0.438 e.